The van der Waals surface area contributed by atoms with Crippen LogP contribution < -0.4 is 4.90 Å². The Morgan fingerprint density at radius 2 is 2.20 bits per heavy atom. The van der Waals surface area contributed by atoms with Gasteiger partial charge in [0.25, 0.3) is 5.69 Å². The van der Waals surface area contributed by atoms with Gasteiger partial charge in [-0.2, -0.15) is 0 Å². The topological polar surface area (TPSA) is 83.7 Å². The normalized spacial score (nSPS) is 20.6. The lowest BCUT2D eigenvalue weighted by Gasteiger charge is -2.19. The van der Waals surface area contributed by atoms with E-state index in [1.165, 1.54) is 0 Å². The van der Waals surface area contributed by atoms with E-state index >= 15 is 0 Å². The van der Waals surface area contributed by atoms with Crippen molar-refractivity contribution in [3.05, 3.63) is 33.6 Å². The molecule has 2 rings (SSSR count). The second-order valence-electron chi connectivity index (χ2n) is 5.24. The third-order valence-corrected chi connectivity index (χ3v) is 3.69. The molecule has 0 aromatic heterocycles. The first-order valence-corrected chi connectivity index (χ1v) is 6.23. The molecule has 6 nitrogen and oxygen atoms in total. The Hall–Kier alpha value is -2.18. The molecule has 1 saturated carbocycles. The van der Waals surface area contributed by atoms with Crippen molar-refractivity contribution in [3.63, 3.8) is 0 Å². The standard InChI is InChI=1S/C13H15FN2O4/c1-7-3-8(7)6-15(2)11-4-9(13(17)18)10(14)5-12(11)16(19)20/h4-5,7-8H,3,6H2,1-2H3,(H,17,18). The monoisotopic (exact) mass is 282 g/mol. The van der Waals surface area contributed by atoms with Gasteiger partial charge in [-0.3, -0.25) is 10.1 Å². The Bertz CT molecular complexity index is 576. The first-order valence-electron chi connectivity index (χ1n) is 6.23. The van der Waals surface area contributed by atoms with E-state index in [4.69, 9.17) is 5.11 Å². The molecule has 0 aliphatic heterocycles. The molecule has 7 heteroatoms. The van der Waals surface area contributed by atoms with Gasteiger partial charge in [0.05, 0.1) is 16.6 Å². The van der Waals surface area contributed by atoms with E-state index in [-0.39, 0.29) is 5.69 Å². The van der Waals surface area contributed by atoms with Gasteiger partial charge in [0.2, 0.25) is 0 Å². The molecule has 1 N–H and O–H groups in total. The fourth-order valence-electron chi connectivity index (χ4n) is 2.27. The summed E-state index contributed by atoms with van der Waals surface area (Å²) in [5, 5.41) is 19.9. The number of carboxylic acids is 1. The van der Waals surface area contributed by atoms with Crippen LogP contribution in [0, 0.1) is 27.8 Å². The average molecular weight is 282 g/mol. The first-order chi connectivity index (χ1) is 9.31. The summed E-state index contributed by atoms with van der Waals surface area (Å²) in [7, 11) is 1.65. The largest absolute Gasteiger partial charge is 0.478 e. The van der Waals surface area contributed by atoms with Crippen molar-refractivity contribution in [2.45, 2.75) is 13.3 Å². The highest BCUT2D eigenvalue weighted by atomic mass is 19.1. The van der Waals surface area contributed by atoms with Gasteiger partial charge in [-0.05, 0) is 24.3 Å². The highest BCUT2D eigenvalue weighted by Gasteiger charge is 2.34. The predicted octanol–water partition coefficient (Wildman–Crippen LogP) is 2.52. The van der Waals surface area contributed by atoms with Crippen LogP contribution in [0.2, 0.25) is 0 Å². The number of carbonyl (C=O) groups is 1. The minimum atomic E-state index is -1.44. The molecule has 2 unspecified atom stereocenters. The SMILES string of the molecule is CC1CC1CN(C)c1cc(C(=O)O)c(F)cc1[N+](=O)[O-]. The Labute approximate surface area is 115 Å². The number of nitro benzene ring substituents is 1. The zero-order valence-electron chi connectivity index (χ0n) is 11.2. The Balaban J connectivity index is 2.39. The molecule has 2 atom stereocenters. The van der Waals surface area contributed by atoms with Gasteiger partial charge >= 0.3 is 5.97 Å². The molecular weight excluding hydrogens is 267 g/mol. The highest BCUT2D eigenvalue weighted by Crippen LogP contribution is 2.40. The van der Waals surface area contributed by atoms with Gasteiger partial charge < -0.3 is 10.0 Å². The molecule has 0 radical (unpaired) electrons. The maximum absolute atomic E-state index is 13.5. The maximum atomic E-state index is 13.5. The summed E-state index contributed by atoms with van der Waals surface area (Å²) in [5.74, 6) is -1.53. The van der Waals surface area contributed by atoms with Crippen LogP contribution in [0.1, 0.15) is 23.7 Å². The van der Waals surface area contributed by atoms with Gasteiger partial charge in [-0.15, -0.1) is 0 Å². The minimum Gasteiger partial charge on any atom is -0.478 e. The molecule has 1 aromatic rings. The van der Waals surface area contributed by atoms with E-state index < -0.39 is 28.0 Å². The van der Waals surface area contributed by atoms with Crippen LogP contribution in [-0.4, -0.2) is 29.6 Å². The number of anilines is 1. The summed E-state index contributed by atoms with van der Waals surface area (Å²) in [6.07, 6.45) is 1.05. The lowest BCUT2D eigenvalue weighted by Crippen LogP contribution is -2.22. The molecule has 1 fully saturated rings. The molecule has 0 saturated heterocycles. The minimum absolute atomic E-state index is 0.132. The summed E-state index contributed by atoms with van der Waals surface area (Å²) in [4.78, 5) is 22.9. The maximum Gasteiger partial charge on any atom is 0.338 e. The number of nitro groups is 1. The van der Waals surface area contributed by atoms with Crippen LogP contribution in [0.5, 0.6) is 0 Å². The van der Waals surface area contributed by atoms with Crippen LogP contribution in [-0.2, 0) is 0 Å². The number of hydrogen-bond donors (Lipinski definition) is 1. The molecule has 0 amide bonds. The molecule has 1 aliphatic rings. The van der Waals surface area contributed by atoms with Gasteiger partial charge in [-0.25, -0.2) is 9.18 Å². The average Bonchev–Trinajstić information content (AvgIpc) is 3.03. The molecule has 0 bridgehead atoms. The van der Waals surface area contributed by atoms with Gasteiger partial charge in [0.1, 0.15) is 11.5 Å². The predicted molar refractivity (Wildman–Crippen MR) is 70.6 cm³/mol. The van der Waals surface area contributed by atoms with E-state index in [1.54, 1.807) is 11.9 Å². The second kappa shape index (κ2) is 5.07. The lowest BCUT2D eigenvalue weighted by atomic mass is 10.1. The van der Waals surface area contributed by atoms with Crippen LogP contribution in [0.4, 0.5) is 15.8 Å². The summed E-state index contributed by atoms with van der Waals surface area (Å²) in [6, 6.07) is 1.70. The van der Waals surface area contributed by atoms with Crippen molar-refractivity contribution >= 4 is 17.3 Å². The fraction of sp³-hybridized carbons (Fsp3) is 0.462. The van der Waals surface area contributed by atoms with Crippen molar-refractivity contribution in [3.8, 4) is 0 Å². The number of hydrogen-bond acceptors (Lipinski definition) is 4. The molecule has 0 spiro atoms. The second-order valence-corrected chi connectivity index (χ2v) is 5.24. The fourth-order valence-corrected chi connectivity index (χ4v) is 2.27. The van der Waals surface area contributed by atoms with Crippen molar-refractivity contribution in [2.24, 2.45) is 11.8 Å². The smallest absolute Gasteiger partial charge is 0.338 e. The number of benzene rings is 1. The van der Waals surface area contributed by atoms with Crippen molar-refractivity contribution < 1.29 is 19.2 Å². The van der Waals surface area contributed by atoms with Gasteiger partial charge in [0, 0.05) is 13.6 Å². The highest BCUT2D eigenvalue weighted by molar-refractivity contribution is 5.90. The lowest BCUT2D eigenvalue weighted by molar-refractivity contribution is -0.384. The molecule has 0 heterocycles. The van der Waals surface area contributed by atoms with Crippen LogP contribution in [0.15, 0.2) is 12.1 Å². The van der Waals surface area contributed by atoms with Crippen LogP contribution in [0.3, 0.4) is 0 Å². The number of aromatic carboxylic acids is 1. The number of carboxylic acid groups (broad SMARTS) is 1. The Kier molecular flexibility index (Phi) is 3.61. The zero-order chi connectivity index (χ0) is 15.0. The van der Waals surface area contributed by atoms with Crippen molar-refractivity contribution in [2.75, 3.05) is 18.5 Å². The molecule has 108 valence electrons. The van der Waals surface area contributed by atoms with E-state index in [2.05, 4.69) is 6.92 Å². The number of rotatable bonds is 5. The zero-order valence-corrected chi connectivity index (χ0v) is 11.2. The van der Waals surface area contributed by atoms with E-state index in [0.29, 0.717) is 24.4 Å². The molecular formula is C13H15FN2O4. The molecule has 1 aliphatic carbocycles. The number of halogens is 1. The first kappa shape index (κ1) is 14.2. The third-order valence-electron chi connectivity index (χ3n) is 3.69. The molecule has 20 heavy (non-hydrogen) atoms. The quantitative estimate of drug-likeness (QED) is 0.662. The number of nitrogens with zero attached hydrogens (tertiary/aromatic N) is 2. The third kappa shape index (κ3) is 2.71. The van der Waals surface area contributed by atoms with Crippen molar-refractivity contribution in [1.29, 1.82) is 0 Å². The summed E-state index contributed by atoms with van der Waals surface area (Å²) in [5.41, 5.74) is -0.836. The summed E-state index contributed by atoms with van der Waals surface area (Å²) >= 11 is 0. The Morgan fingerprint density at radius 3 is 2.65 bits per heavy atom. The van der Waals surface area contributed by atoms with Crippen LogP contribution in [0.25, 0.3) is 0 Å². The van der Waals surface area contributed by atoms with Gasteiger partial charge in [-0.1, -0.05) is 6.92 Å². The van der Waals surface area contributed by atoms with Gasteiger partial charge in [0.15, 0.2) is 0 Å². The van der Waals surface area contributed by atoms with E-state index in [0.717, 1.165) is 12.5 Å². The van der Waals surface area contributed by atoms with E-state index in [9.17, 15) is 19.3 Å². The van der Waals surface area contributed by atoms with Crippen LogP contribution >= 0.6 is 0 Å². The van der Waals surface area contributed by atoms with E-state index in [1.807, 2.05) is 0 Å². The van der Waals surface area contributed by atoms with Crippen molar-refractivity contribution in [1.82, 2.24) is 0 Å². The summed E-state index contributed by atoms with van der Waals surface area (Å²) < 4.78 is 13.5. The summed E-state index contributed by atoms with van der Waals surface area (Å²) in [6.45, 7) is 2.67. The molecule has 1 aromatic carbocycles. The Morgan fingerprint density at radius 1 is 1.60 bits per heavy atom.